The Kier molecular flexibility index (Phi) is 7.46. The summed E-state index contributed by atoms with van der Waals surface area (Å²) in [5.41, 5.74) is 3.31. The topological polar surface area (TPSA) is 95.6 Å². The van der Waals surface area contributed by atoms with Gasteiger partial charge in [-0.2, -0.15) is 0 Å². The number of hydrogen-bond acceptors (Lipinski definition) is 8. The van der Waals surface area contributed by atoms with Crippen LogP contribution in [0.1, 0.15) is 12.8 Å². The number of nitrogens with zero attached hydrogens (tertiary/aromatic N) is 2. The molecule has 0 radical (unpaired) electrons. The first-order chi connectivity index (χ1) is 16.3. The number of anilines is 4. The molecule has 0 saturated carbocycles. The maximum Gasteiger partial charge on any atom is 0.266 e. The number of hydrogen-bond donors (Lipinski definition) is 3. The van der Waals surface area contributed by atoms with Crippen molar-refractivity contribution in [2.45, 2.75) is 23.8 Å². The minimum absolute atomic E-state index is 0.0635. The molecule has 0 spiro atoms. The van der Waals surface area contributed by atoms with Gasteiger partial charge in [0.25, 0.3) is 10.0 Å². The monoisotopic (exact) mass is 525 g/mol. The summed E-state index contributed by atoms with van der Waals surface area (Å²) in [4.78, 5) is 5.55. The second kappa shape index (κ2) is 10.3. The highest BCUT2D eigenvalue weighted by atomic mass is 35.5. The molecule has 8 nitrogen and oxygen atoms in total. The predicted octanol–water partition coefficient (Wildman–Crippen LogP) is 4.68. The molecule has 3 aromatic rings. The Balaban J connectivity index is 1.64. The average molecular weight is 526 g/mol. The third-order valence-electron chi connectivity index (χ3n) is 5.63. The Bertz CT molecular complexity index is 1260. The van der Waals surface area contributed by atoms with Gasteiger partial charge in [0.15, 0.2) is 5.82 Å². The molecule has 182 valence electrons. The van der Waals surface area contributed by atoms with Gasteiger partial charge in [0.1, 0.15) is 16.5 Å². The Hall–Kier alpha value is -2.60. The van der Waals surface area contributed by atoms with Crippen LogP contribution in [0.25, 0.3) is 0 Å². The Morgan fingerprint density at radius 3 is 2.79 bits per heavy atom. The fraction of sp³-hybridized carbons (Fsp3) is 0.318. The SMILES string of the molecule is CNC1CCCN(c2cc(OC)ccc2Nc2cc(F)c(S(=O)(=O)Nc3cscn3)cc2Cl)C1. The van der Waals surface area contributed by atoms with Gasteiger partial charge in [0, 0.05) is 36.6 Å². The van der Waals surface area contributed by atoms with E-state index < -0.39 is 20.7 Å². The first kappa shape index (κ1) is 24.5. The zero-order chi connectivity index (χ0) is 24.3. The van der Waals surface area contributed by atoms with Crippen LogP contribution < -0.4 is 25.0 Å². The maximum atomic E-state index is 15.0. The number of sulfonamides is 1. The highest BCUT2D eigenvalue weighted by molar-refractivity contribution is 7.92. The fourth-order valence-electron chi connectivity index (χ4n) is 3.87. The summed E-state index contributed by atoms with van der Waals surface area (Å²) in [6.45, 7) is 1.67. The fourth-order valence-corrected chi connectivity index (χ4v) is 5.79. The lowest BCUT2D eigenvalue weighted by atomic mass is 10.0. The minimum Gasteiger partial charge on any atom is -0.497 e. The van der Waals surface area contributed by atoms with Crippen LogP contribution in [0.3, 0.4) is 0 Å². The number of thiazole rings is 1. The number of halogens is 2. The summed E-state index contributed by atoms with van der Waals surface area (Å²) < 4.78 is 47.9. The van der Waals surface area contributed by atoms with Crippen molar-refractivity contribution in [3.63, 3.8) is 0 Å². The van der Waals surface area contributed by atoms with Gasteiger partial charge in [-0.1, -0.05) is 11.6 Å². The van der Waals surface area contributed by atoms with Gasteiger partial charge >= 0.3 is 0 Å². The normalized spacial score (nSPS) is 16.4. The minimum atomic E-state index is -4.19. The highest BCUT2D eigenvalue weighted by Gasteiger charge is 2.24. The number of rotatable bonds is 8. The van der Waals surface area contributed by atoms with E-state index in [9.17, 15) is 12.8 Å². The summed E-state index contributed by atoms with van der Waals surface area (Å²) in [7, 11) is -0.648. The number of likely N-dealkylation sites (N-methyl/N-ethyl adjacent to an activating group) is 1. The molecule has 1 aromatic heterocycles. The summed E-state index contributed by atoms with van der Waals surface area (Å²) in [5.74, 6) is -0.121. The van der Waals surface area contributed by atoms with Crippen LogP contribution in [0.15, 0.2) is 46.1 Å². The van der Waals surface area contributed by atoms with Crippen LogP contribution in [-0.2, 0) is 10.0 Å². The molecule has 2 heterocycles. The van der Waals surface area contributed by atoms with Crippen LogP contribution in [0, 0.1) is 5.82 Å². The van der Waals surface area contributed by atoms with Crippen LogP contribution >= 0.6 is 22.9 Å². The molecule has 3 N–H and O–H groups in total. The molecule has 1 aliphatic heterocycles. The quantitative estimate of drug-likeness (QED) is 0.393. The predicted molar refractivity (Wildman–Crippen MR) is 135 cm³/mol. The van der Waals surface area contributed by atoms with Crippen LogP contribution in [0.5, 0.6) is 5.75 Å². The maximum absolute atomic E-state index is 15.0. The summed E-state index contributed by atoms with van der Waals surface area (Å²) >= 11 is 7.62. The second-order valence-corrected chi connectivity index (χ2v) is 10.6. The van der Waals surface area contributed by atoms with E-state index in [1.807, 2.05) is 19.2 Å². The molecule has 1 aliphatic rings. The molecule has 1 fully saturated rings. The van der Waals surface area contributed by atoms with Crippen molar-refractivity contribution in [1.82, 2.24) is 10.3 Å². The summed E-state index contributed by atoms with van der Waals surface area (Å²) in [6.07, 6.45) is 2.11. The van der Waals surface area contributed by atoms with Gasteiger partial charge in [0.2, 0.25) is 0 Å². The van der Waals surface area contributed by atoms with Gasteiger partial charge < -0.3 is 20.3 Å². The molecular weight excluding hydrogens is 501 g/mol. The number of piperidine rings is 1. The van der Waals surface area contributed by atoms with Crippen molar-refractivity contribution < 1.29 is 17.5 Å². The largest absolute Gasteiger partial charge is 0.497 e. The second-order valence-electron chi connectivity index (χ2n) is 7.82. The van der Waals surface area contributed by atoms with Crippen molar-refractivity contribution in [3.05, 3.63) is 52.1 Å². The van der Waals surface area contributed by atoms with E-state index in [1.54, 1.807) is 13.2 Å². The molecule has 1 unspecified atom stereocenters. The zero-order valence-corrected chi connectivity index (χ0v) is 21.0. The number of nitrogens with one attached hydrogen (secondary N) is 3. The van der Waals surface area contributed by atoms with Gasteiger partial charge in [-0.25, -0.2) is 17.8 Å². The molecule has 12 heteroatoms. The lowest BCUT2D eigenvalue weighted by Gasteiger charge is -2.35. The van der Waals surface area contributed by atoms with E-state index in [0.29, 0.717) is 17.5 Å². The van der Waals surface area contributed by atoms with Crippen molar-refractivity contribution >= 4 is 55.8 Å². The van der Waals surface area contributed by atoms with E-state index in [4.69, 9.17) is 16.3 Å². The number of aromatic nitrogens is 1. The van der Waals surface area contributed by atoms with E-state index in [1.165, 1.54) is 22.2 Å². The Labute approximate surface area is 207 Å². The van der Waals surface area contributed by atoms with Crippen LogP contribution in [0.4, 0.5) is 27.3 Å². The van der Waals surface area contributed by atoms with Gasteiger partial charge in [-0.05, 0) is 38.1 Å². The van der Waals surface area contributed by atoms with Crippen molar-refractivity contribution in [2.24, 2.45) is 0 Å². The Morgan fingerprint density at radius 2 is 2.09 bits per heavy atom. The standard InChI is InChI=1S/C22H25ClFN5O3S2/c1-25-14-4-3-7-29(11-14)20-8-15(32-2)5-6-18(20)27-19-10-17(24)21(9-16(19)23)34(30,31)28-22-12-33-13-26-22/h5-6,8-10,12-14,25,27-28H,3-4,7,11H2,1-2H3. The molecule has 0 bridgehead atoms. The first-order valence-electron chi connectivity index (χ1n) is 10.6. The molecule has 2 aromatic carbocycles. The average Bonchev–Trinajstić information content (AvgIpc) is 3.33. The molecule has 0 aliphatic carbocycles. The molecule has 1 saturated heterocycles. The lowest BCUT2D eigenvalue weighted by molar-refractivity contribution is 0.413. The van der Waals surface area contributed by atoms with Crippen molar-refractivity contribution in [3.8, 4) is 5.75 Å². The molecule has 4 rings (SSSR count). The Morgan fingerprint density at radius 1 is 1.26 bits per heavy atom. The van der Waals surface area contributed by atoms with Gasteiger partial charge in [-0.15, -0.1) is 11.3 Å². The van der Waals surface area contributed by atoms with Gasteiger partial charge in [0.05, 0.1) is 34.7 Å². The van der Waals surface area contributed by atoms with E-state index in [0.717, 1.165) is 43.8 Å². The number of ether oxygens (including phenoxy) is 1. The number of benzene rings is 2. The zero-order valence-electron chi connectivity index (χ0n) is 18.6. The third-order valence-corrected chi connectivity index (χ3v) is 7.90. The number of methoxy groups -OCH3 is 1. The molecule has 1 atom stereocenters. The first-order valence-corrected chi connectivity index (χ1v) is 13.4. The van der Waals surface area contributed by atoms with Crippen LogP contribution in [-0.4, -0.2) is 46.7 Å². The molecular formula is C22H25ClFN5O3S2. The van der Waals surface area contributed by atoms with E-state index in [-0.39, 0.29) is 16.5 Å². The summed E-state index contributed by atoms with van der Waals surface area (Å²) in [5, 5.41) is 8.07. The van der Waals surface area contributed by atoms with Crippen LogP contribution in [0.2, 0.25) is 5.02 Å². The molecule has 34 heavy (non-hydrogen) atoms. The van der Waals surface area contributed by atoms with Crippen molar-refractivity contribution in [1.29, 1.82) is 0 Å². The lowest BCUT2D eigenvalue weighted by Crippen LogP contribution is -2.44. The smallest absolute Gasteiger partial charge is 0.266 e. The van der Waals surface area contributed by atoms with E-state index >= 15 is 0 Å². The van der Waals surface area contributed by atoms with Crippen molar-refractivity contribution in [2.75, 3.05) is 42.2 Å². The highest BCUT2D eigenvalue weighted by Crippen LogP contribution is 2.37. The summed E-state index contributed by atoms with van der Waals surface area (Å²) in [6, 6.07) is 8.07. The third kappa shape index (κ3) is 5.38. The van der Waals surface area contributed by atoms with Gasteiger partial charge in [-0.3, -0.25) is 4.72 Å². The van der Waals surface area contributed by atoms with E-state index in [2.05, 4.69) is 25.2 Å². The molecule has 0 amide bonds.